The fraction of sp³-hybridized carbons (Fsp3) is 0.786. The molecular formula is C14H28BeN2. The number of aryl methyl sites for hydroxylation is 1. The van der Waals surface area contributed by atoms with Gasteiger partial charge in [0.15, 0.2) is 0 Å². The van der Waals surface area contributed by atoms with Crippen LogP contribution in [0.4, 0.5) is 0 Å². The van der Waals surface area contributed by atoms with Gasteiger partial charge >= 0.3 is 10.1 Å². The van der Waals surface area contributed by atoms with E-state index in [0.717, 1.165) is 12.2 Å². The number of imidazole rings is 1. The van der Waals surface area contributed by atoms with E-state index in [1.54, 1.807) is 0 Å². The maximum atomic E-state index is 4.23. The van der Waals surface area contributed by atoms with Gasteiger partial charge in [0.2, 0.25) is 0 Å². The van der Waals surface area contributed by atoms with Crippen LogP contribution in [0.15, 0.2) is 12.4 Å². The number of hydrogen-bond donors (Lipinski definition) is 1. The van der Waals surface area contributed by atoms with Gasteiger partial charge in [0.1, 0.15) is 5.82 Å². The predicted octanol–water partition coefficient (Wildman–Crippen LogP) is 3.57. The normalized spacial score (nSPS) is 10.2. The monoisotopic (exact) mass is 233 g/mol. The van der Waals surface area contributed by atoms with E-state index in [1.807, 2.05) is 12.4 Å². The van der Waals surface area contributed by atoms with E-state index in [2.05, 4.69) is 16.9 Å². The molecule has 0 atom stereocenters. The Labute approximate surface area is 110 Å². The van der Waals surface area contributed by atoms with Gasteiger partial charge in [0.05, 0.1) is 0 Å². The molecule has 17 heavy (non-hydrogen) atoms. The number of H-pyrrole nitrogens is 1. The Morgan fingerprint density at radius 3 is 2.06 bits per heavy atom. The van der Waals surface area contributed by atoms with Crippen molar-refractivity contribution in [2.45, 2.75) is 71.1 Å². The van der Waals surface area contributed by atoms with Crippen LogP contribution in [0.25, 0.3) is 0 Å². The summed E-state index contributed by atoms with van der Waals surface area (Å²) < 4.78 is 0. The molecule has 0 saturated heterocycles. The summed E-state index contributed by atoms with van der Waals surface area (Å²) in [6.45, 7) is 2.27. The van der Waals surface area contributed by atoms with Crippen molar-refractivity contribution < 1.29 is 0 Å². The Bertz CT molecular complexity index is 234. The summed E-state index contributed by atoms with van der Waals surface area (Å²) in [5.74, 6) is 1.14. The molecule has 0 aliphatic heterocycles. The van der Waals surface area contributed by atoms with E-state index in [0.29, 0.717) is 0 Å². The number of hydrogen-bond acceptors (Lipinski definition) is 1. The van der Waals surface area contributed by atoms with E-state index in [9.17, 15) is 0 Å². The molecule has 1 N–H and O–H groups in total. The SMILES string of the molecule is CCCCCCCCCCCc1ncc[nH]1.[BeH2]. The first-order chi connectivity index (χ1) is 7.93. The molecule has 0 unspecified atom stereocenters. The molecule has 0 aliphatic rings. The second-order valence-electron chi connectivity index (χ2n) is 4.61. The van der Waals surface area contributed by atoms with Crippen molar-refractivity contribution >= 4 is 10.1 Å². The van der Waals surface area contributed by atoms with E-state index < -0.39 is 0 Å². The first kappa shape index (κ1) is 16.4. The first-order valence-corrected chi connectivity index (χ1v) is 6.91. The standard InChI is InChI=1S/C14H26N2.Be.2H/c1-2-3-4-5-6-7-8-9-10-11-14-15-12-13-16-14;;;/h12-13H,2-11H2,1H3,(H,15,16);;;. The van der Waals surface area contributed by atoms with Crippen molar-refractivity contribution in [2.24, 2.45) is 0 Å². The molecule has 1 aromatic rings. The Balaban J connectivity index is 0.00000256. The molecule has 0 aliphatic carbocycles. The second kappa shape index (κ2) is 11.9. The maximum absolute atomic E-state index is 4.23. The zero-order valence-electron chi connectivity index (χ0n) is 10.7. The number of nitrogens with one attached hydrogen (secondary N) is 1. The molecule has 1 aromatic heterocycles. The van der Waals surface area contributed by atoms with Crippen LogP contribution in [0.2, 0.25) is 0 Å². The van der Waals surface area contributed by atoms with E-state index >= 15 is 0 Å². The number of nitrogens with zero attached hydrogens (tertiary/aromatic N) is 1. The fourth-order valence-electron chi connectivity index (χ4n) is 2.04. The molecule has 0 aromatic carbocycles. The molecule has 0 saturated carbocycles. The van der Waals surface area contributed by atoms with Crippen molar-refractivity contribution in [1.29, 1.82) is 0 Å². The van der Waals surface area contributed by atoms with Crippen LogP contribution in [0.1, 0.15) is 70.5 Å². The molecule has 0 amide bonds. The Kier molecular flexibility index (Phi) is 11.4. The molecule has 1 heterocycles. The van der Waals surface area contributed by atoms with Crippen LogP contribution in [0, 0.1) is 0 Å². The summed E-state index contributed by atoms with van der Waals surface area (Å²) in [5, 5.41) is 0. The van der Waals surface area contributed by atoms with Crippen molar-refractivity contribution in [3.63, 3.8) is 0 Å². The van der Waals surface area contributed by atoms with Crippen LogP contribution in [-0.4, -0.2) is 20.1 Å². The molecule has 0 spiro atoms. The van der Waals surface area contributed by atoms with E-state index in [-0.39, 0.29) is 10.1 Å². The van der Waals surface area contributed by atoms with Crippen LogP contribution in [0.5, 0.6) is 0 Å². The third-order valence-electron chi connectivity index (χ3n) is 3.07. The summed E-state index contributed by atoms with van der Waals surface area (Å²) in [6.07, 6.45) is 17.4. The van der Waals surface area contributed by atoms with Crippen LogP contribution < -0.4 is 0 Å². The van der Waals surface area contributed by atoms with Crippen molar-refractivity contribution in [1.82, 2.24) is 9.97 Å². The fourth-order valence-corrected chi connectivity index (χ4v) is 2.04. The first-order valence-electron chi connectivity index (χ1n) is 6.91. The average molecular weight is 233 g/mol. The van der Waals surface area contributed by atoms with Crippen LogP contribution >= 0.6 is 0 Å². The van der Waals surface area contributed by atoms with Gasteiger partial charge in [-0.1, -0.05) is 58.3 Å². The third-order valence-corrected chi connectivity index (χ3v) is 3.07. The van der Waals surface area contributed by atoms with Gasteiger partial charge in [0, 0.05) is 18.8 Å². The van der Waals surface area contributed by atoms with Gasteiger partial charge in [-0.05, 0) is 6.42 Å². The molecule has 2 nitrogen and oxygen atoms in total. The zero-order valence-corrected chi connectivity index (χ0v) is 10.7. The molecule has 1 rings (SSSR count). The molecule has 0 radical (unpaired) electrons. The van der Waals surface area contributed by atoms with Gasteiger partial charge < -0.3 is 4.98 Å². The Morgan fingerprint density at radius 2 is 1.53 bits per heavy atom. The number of unbranched alkanes of at least 4 members (excludes halogenated alkanes) is 8. The summed E-state index contributed by atoms with van der Waals surface area (Å²) in [4.78, 5) is 7.38. The van der Waals surface area contributed by atoms with Gasteiger partial charge in [-0.3, -0.25) is 0 Å². The Hall–Kier alpha value is -0.621. The molecule has 3 heteroatoms. The van der Waals surface area contributed by atoms with Crippen molar-refractivity contribution in [2.75, 3.05) is 0 Å². The summed E-state index contributed by atoms with van der Waals surface area (Å²) in [6, 6.07) is 0. The summed E-state index contributed by atoms with van der Waals surface area (Å²) in [5.41, 5.74) is 0. The van der Waals surface area contributed by atoms with Crippen LogP contribution in [0.3, 0.4) is 0 Å². The minimum absolute atomic E-state index is 0. The summed E-state index contributed by atoms with van der Waals surface area (Å²) >= 11 is 0. The number of rotatable bonds is 10. The van der Waals surface area contributed by atoms with Gasteiger partial charge in [-0.15, -0.1) is 0 Å². The van der Waals surface area contributed by atoms with Gasteiger partial charge in [-0.25, -0.2) is 4.98 Å². The third kappa shape index (κ3) is 9.11. The predicted molar refractivity (Wildman–Crippen MR) is 78.1 cm³/mol. The van der Waals surface area contributed by atoms with E-state index in [4.69, 9.17) is 0 Å². The quantitative estimate of drug-likeness (QED) is 0.486. The second-order valence-corrected chi connectivity index (χ2v) is 4.61. The zero-order chi connectivity index (χ0) is 11.5. The average Bonchev–Trinajstić information content (AvgIpc) is 2.80. The number of aromatic amines is 1. The molecule has 0 fully saturated rings. The summed E-state index contributed by atoms with van der Waals surface area (Å²) in [7, 11) is 0. The van der Waals surface area contributed by atoms with Crippen molar-refractivity contribution in [3.8, 4) is 0 Å². The topological polar surface area (TPSA) is 28.7 Å². The van der Waals surface area contributed by atoms with Gasteiger partial charge in [-0.2, -0.15) is 0 Å². The molecule has 0 bridgehead atoms. The molecular weight excluding hydrogens is 205 g/mol. The molecule has 96 valence electrons. The van der Waals surface area contributed by atoms with Crippen LogP contribution in [-0.2, 0) is 6.42 Å². The minimum atomic E-state index is 0. The number of aromatic nitrogens is 2. The van der Waals surface area contributed by atoms with Crippen molar-refractivity contribution in [3.05, 3.63) is 18.2 Å². The van der Waals surface area contributed by atoms with Gasteiger partial charge in [0.25, 0.3) is 0 Å². The van der Waals surface area contributed by atoms with E-state index in [1.165, 1.54) is 57.8 Å². The Morgan fingerprint density at radius 1 is 0.941 bits per heavy atom.